The van der Waals surface area contributed by atoms with E-state index < -0.39 is 0 Å². The number of hydrogen-bond acceptors (Lipinski definition) is 6. The van der Waals surface area contributed by atoms with Crippen LogP contribution in [0.2, 0.25) is 10.0 Å². The normalized spacial score (nSPS) is 11.2. The molecule has 4 rings (SSSR count). The van der Waals surface area contributed by atoms with Gasteiger partial charge in [0, 0.05) is 21.4 Å². The molecular formula is C25H22Cl2N4O2S. The van der Waals surface area contributed by atoms with Crippen molar-refractivity contribution in [3.8, 4) is 11.5 Å². The van der Waals surface area contributed by atoms with E-state index in [-0.39, 0.29) is 0 Å². The molecule has 0 aliphatic rings. The van der Waals surface area contributed by atoms with Crippen molar-refractivity contribution in [1.82, 2.24) is 14.9 Å². The Kier molecular flexibility index (Phi) is 8.11. The monoisotopic (exact) mass is 512 g/mol. The Bertz CT molecular complexity index is 1300. The molecule has 0 spiro atoms. The highest BCUT2D eigenvalue weighted by Crippen LogP contribution is 2.31. The summed E-state index contributed by atoms with van der Waals surface area (Å²) in [5, 5.41) is 14.9. The molecule has 0 N–H and O–H groups in total. The first-order chi connectivity index (χ1) is 16.5. The fraction of sp³-hybridized carbons (Fsp3) is 0.160. The first-order valence-electron chi connectivity index (χ1n) is 10.4. The zero-order valence-corrected chi connectivity index (χ0v) is 20.9. The molecule has 34 heavy (non-hydrogen) atoms. The van der Waals surface area contributed by atoms with E-state index in [1.165, 1.54) is 11.8 Å². The summed E-state index contributed by atoms with van der Waals surface area (Å²) in [6, 6.07) is 21.1. The quantitative estimate of drug-likeness (QED) is 0.185. The number of methoxy groups -OCH3 is 1. The molecule has 0 amide bonds. The largest absolute Gasteiger partial charge is 0.493 e. The van der Waals surface area contributed by atoms with Crippen LogP contribution in [0, 0.1) is 6.92 Å². The third-order valence-electron chi connectivity index (χ3n) is 4.91. The molecule has 0 aliphatic carbocycles. The van der Waals surface area contributed by atoms with Crippen LogP contribution in [-0.4, -0.2) is 28.2 Å². The third kappa shape index (κ3) is 5.91. The van der Waals surface area contributed by atoms with Gasteiger partial charge in [0.1, 0.15) is 6.61 Å². The molecule has 0 atom stereocenters. The van der Waals surface area contributed by atoms with Gasteiger partial charge in [-0.25, -0.2) is 0 Å². The van der Waals surface area contributed by atoms with E-state index in [2.05, 4.69) is 15.3 Å². The van der Waals surface area contributed by atoms with E-state index in [0.717, 1.165) is 16.7 Å². The number of rotatable bonds is 9. The molecule has 3 aromatic carbocycles. The molecule has 174 valence electrons. The Balaban J connectivity index is 1.55. The Hall–Kier alpha value is -3.00. The lowest BCUT2D eigenvalue weighted by atomic mass is 10.2. The lowest BCUT2D eigenvalue weighted by Gasteiger charge is -2.13. The number of thioether (sulfide) groups is 1. The molecule has 0 saturated carbocycles. The highest BCUT2D eigenvalue weighted by Gasteiger charge is 2.13. The van der Waals surface area contributed by atoms with Crippen LogP contribution in [0.1, 0.15) is 22.5 Å². The van der Waals surface area contributed by atoms with Gasteiger partial charge in [0.05, 0.1) is 13.3 Å². The van der Waals surface area contributed by atoms with E-state index in [0.29, 0.717) is 44.9 Å². The van der Waals surface area contributed by atoms with Gasteiger partial charge in [0.15, 0.2) is 17.3 Å². The molecule has 0 saturated heterocycles. The molecule has 4 aromatic rings. The van der Waals surface area contributed by atoms with Crippen molar-refractivity contribution in [2.75, 3.05) is 7.11 Å². The summed E-state index contributed by atoms with van der Waals surface area (Å²) in [4.78, 5) is 0. The summed E-state index contributed by atoms with van der Waals surface area (Å²) in [6.45, 7) is 2.26. The average Bonchev–Trinajstić information content (AvgIpc) is 3.20. The van der Waals surface area contributed by atoms with Crippen LogP contribution in [0.5, 0.6) is 11.5 Å². The summed E-state index contributed by atoms with van der Waals surface area (Å²) in [5.74, 6) is 2.52. The van der Waals surface area contributed by atoms with E-state index >= 15 is 0 Å². The summed E-state index contributed by atoms with van der Waals surface area (Å²) >= 11 is 13.8. The first-order valence-corrected chi connectivity index (χ1v) is 12.2. The van der Waals surface area contributed by atoms with Crippen molar-refractivity contribution < 1.29 is 9.47 Å². The predicted molar refractivity (Wildman–Crippen MR) is 138 cm³/mol. The number of aromatic nitrogens is 3. The minimum atomic E-state index is 0.413. The van der Waals surface area contributed by atoms with E-state index in [1.807, 2.05) is 67.6 Å². The fourth-order valence-electron chi connectivity index (χ4n) is 3.14. The summed E-state index contributed by atoms with van der Waals surface area (Å²) in [6.07, 6.45) is 1.72. The molecule has 0 fully saturated rings. The maximum absolute atomic E-state index is 6.31. The smallest absolute Gasteiger partial charge is 0.212 e. The van der Waals surface area contributed by atoms with Crippen LogP contribution in [-0.2, 0) is 12.4 Å². The summed E-state index contributed by atoms with van der Waals surface area (Å²) in [5.41, 5.74) is 2.79. The summed E-state index contributed by atoms with van der Waals surface area (Å²) < 4.78 is 13.3. The van der Waals surface area contributed by atoms with Crippen LogP contribution in [0.15, 0.2) is 77.0 Å². The lowest BCUT2D eigenvalue weighted by molar-refractivity contribution is 0.284. The topological polar surface area (TPSA) is 61.5 Å². The number of aryl methyl sites for hydroxylation is 1. The van der Waals surface area contributed by atoms with Gasteiger partial charge >= 0.3 is 0 Å². The van der Waals surface area contributed by atoms with Crippen molar-refractivity contribution >= 4 is 41.2 Å². The molecule has 0 unspecified atom stereocenters. The van der Waals surface area contributed by atoms with Gasteiger partial charge in [-0.3, -0.25) is 0 Å². The summed E-state index contributed by atoms with van der Waals surface area (Å²) in [7, 11) is 1.62. The second-order valence-corrected chi connectivity index (χ2v) is 9.05. The van der Waals surface area contributed by atoms with Crippen LogP contribution in [0.4, 0.5) is 0 Å². The fourth-order valence-corrected chi connectivity index (χ4v) is 4.63. The molecule has 1 heterocycles. The van der Waals surface area contributed by atoms with Gasteiger partial charge in [-0.2, -0.15) is 9.78 Å². The molecule has 0 bridgehead atoms. The first kappa shape index (κ1) is 24.1. The number of benzene rings is 3. The van der Waals surface area contributed by atoms with Crippen molar-refractivity contribution in [2.24, 2.45) is 5.10 Å². The van der Waals surface area contributed by atoms with Crippen molar-refractivity contribution in [1.29, 1.82) is 0 Å². The molecule has 9 heteroatoms. The second-order valence-electron chi connectivity index (χ2n) is 7.26. The van der Waals surface area contributed by atoms with Crippen molar-refractivity contribution in [2.45, 2.75) is 24.4 Å². The number of nitrogens with zero attached hydrogens (tertiary/aromatic N) is 4. The molecule has 6 nitrogen and oxygen atoms in total. The minimum absolute atomic E-state index is 0.413. The van der Waals surface area contributed by atoms with Crippen LogP contribution in [0.3, 0.4) is 0 Å². The van der Waals surface area contributed by atoms with Gasteiger partial charge in [0.25, 0.3) is 0 Å². The Morgan fingerprint density at radius 2 is 1.85 bits per heavy atom. The minimum Gasteiger partial charge on any atom is -0.493 e. The average molecular weight is 513 g/mol. The highest BCUT2D eigenvalue weighted by molar-refractivity contribution is 7.98. The zero-order chi connectivity index (χ0) is 23.9. The third-order valence-corrected chi connectivity index (χ3v) is 6.46. The van der Waals surface area contributed by atoms with Crippen LogP contribution < -0.4 is 9.47 Å². The number of ether oxygens (including phenoxy) is 2. The number of para-hydroxylation sites is 1. The van der Waals surface area contributed by atoms with Crippen LogP contribution in [0.25, 0.3) is 0 Å². The van der Waals surface area contributed by atoms with E-state index in [1.54, 1.807) is 24.1 Å². The van der Waals surface area contributed by atoms with Crippen molar-refractivity contribution in [3.63, 3.8) is 0 Å². The molecule has 1 aromatic heterocycles. The van der Waals surface area contributed by atoms with E-state index in [4.69, 9.17) is 32.7 Å². The molecule has 0 radical (unpaired) electrons. The standard InChI is InChI=1S/C25H22Cl2N4O2S/c1-17-29-30-25(34-16-20-11-12-21(26)13-22(20)27)31(17)28-14-19-9-6-10-23(32-2)24(19)33-15-18-7-4-3-5-8-18/h3-14H,15-16H2,1-2H3/b28-14+. The number of halogens is 2. The van der Waals surface area contributed by atoms with Gasteiger partial charge in [-0.1, -0.05) is 77.4 Å². The van der Waals surface area contributed by atoms with Crippen LogP contribution >= 0.6 is 35.0 Å². The van der Waals surface area contributed by atoms with Gasteiger partial charge < -0.3 is 9.47 Å². The predicted octanol–water partition coefficient (Wildman–Crippen LogP) is 6.66. The van der Waals surface area contributed by atoms with Gasteiger partial charge in [-0.05, 0) is 42.3 Å². The van der Waals surface area contributed by atoms with Gasteiger partial charge in [0.2, 0.25) is 5.16 Å². The molecule has 0 aliphatic heterocycles. The maximum atomic E-state index is 6.31. The lowest BCUT2D eigenvalue weighted by Crippen LogP contribution is -2.02. The Morgan fingerprint density at radius 1 is 1.03 bits per heavy atom. The Labute approximate surface area is 212 Å². The van der Waals surface area contributed by atoms with Crippen molar-refractivity contribution in [3.05, 3.63) is 99.3 Å². The van der Waals surface area contributed by atoms with E-state index in [9.17, 15) is 0 Å². The highest BCUT2D eigenvalue weighted by atomic mass is 35.5. The number of hydrogen-bond donors (Lipinski definition) is 0. The molecular weight excluding hydrogens is 491 g/mol. The second kappa shape index (κ2) is 11.4. The SMILES string of the molecule is COc1cccc(/C=N/n2c(C)nnc2SCc2ccc(Cl)cc2Cl)c1OCc1ccccc1. The Morgan fingerprint density at radius 3 is 2.62 bits per heavy atom. The maximum Gasteiger partial charge on any atom is 0.212 e. The van der Waals surface area contributed by atoms with Gasteiger partial charge in [-0.15, -0.1) is 10.2 Å². The zero-order valence-electron chi connectivity index (χ0n) is 18.6.